The fourth-order valence-corrected chi connectivity index (χ4v) is 2.71. The van der Waals surface area contributed by atoms with Gasteiger partial charge in [-0.3, -0.25) is 4.90 Å². The number of methoxy groups -OCH3 is 1. The van der Waals surface area contributed by atoms with Gasteiger partial charge in [-0.1, -0.05) is 13.0 Å². The highest BCUT2D eigenvalue weighted by Gasteiger charge is 2.21. The van der Waals surface area contributed by atoms with E-state index >= 15 is 0 Å². The highest BCUT2D eigenvalue weighted by Crippen LogP contribution is 2.24. The molecular weight excluding hydrogens is 252 g/mol. The first kappa shape index (κ1) is 15.1. The summed E-state index contributed by atoms with van der Waals surface area (Å²) in [6.45, 7) is 6.05. The topological polar surface area (TPSA) is 47.7 Å². The summed E-state index contributed by atoms with van der Waals surface area (Å²) in [4.78, 5) is 2.44. The van der Waals surface area contributed by atoms with Crippen molar-refractivity contribution in [1.82, 2.24) is 4.90 Å². The first-order valence-electron chi connectivity index (χ1n) is 7.49. The highest BCUT2D eigenvalue weighted by atomic mass is 16.5. The van der Waals surface area contributed by atoms with Crippen LogP contribution in [-0.4, -0.2) is 37.8 Å². The Balaban J connectivity index is 1.95. The molecule has 0 spiro atoms. The Kier molecular flexibility index (Phi) is 5.68. The van der Waals surface area contributed by atoms with Crippen molar-refractivity contribution in [1.29, 1.82) is 0 Å². The molecule has 1 atom stereocenters. The van der Waals surface area contributed by atoms with Crippen LogP contribution in [0.2, 0.25) is 0 Å². The number of anilines is 1. The number of likely N-dealkylation sites (tertiary alicyclic amines) is 1. The Morgan fingerprint density at radius 3 is 3.00 bits per heavy atom. The second-order valence-corrected chi connectivity index (χ2v) is 5.44. The monoisotopic (exact) mass is 278 g/mol. The quantitative estimate of drug-likeness (QED) is 0.813. The normalized spacial score (nSPS) is 20.0. The van der Waals surface area contributed by atoms with Gasteiger partial charge in [-0.05, 0) is 31.9 Å². The fraction of sp³-hybridized carbons (Fsp3) is 0.625. The molecule has 2 rings (SSSR count). The number of ether oxygens (including phenoxy) is 2. The van der Waals surface area contributed by atoms with E-state index in [0.717, 1.165) is 44.1 Å². The lowest BCUT2D eigenvalue weighted by atomic mass is 10.1. The van der Waals surface area contributed by atoms with Crippen LogP contribution in [0.1, 0.15) is 31.7 Å². The average molecular weight is 278 g/mol. The zero-order valence-corrected chi connectivity index (χ0v) is 12.6. The van der Waals surface area contributed by atoms with Crippen molar-refractivity contribution in [3.05, 3.63) is 23.8 Å². The predicted octanol–water partition coefficient (Wildman–Crippen LogP) is 2.67. The largest absolute Gasteiger partial charge is 0.496 e. The van der Waals surface area contributed by atoms with Gasteiger partial charge in [-0.25, -0.2) is 0 Å². The molecule has 20 heavy (non-hydrogen) atoms. The summed E-state index contributed by atoms with van der Waals surface area (Å²) in [5, 5.41) is 0. The van der Waals surface area contributed by atoms with E-state index in [0.29, 0.717) is 6.10 Å². The van der Waals surface area contributed by atoms with Crippen molar-refractivity contribution >= 4 is 5.69 Å². The molecule has 1 unspecified atom stereocenters. The molecule has 1 aliphatic rings. The molecule has 0 aromatic heterocycles. The van der Waals surface area contributed by atoms with E-state index in [4.69, 9.17) is 15.2 Å². The van der Waals surface area contributed by atoms with E-state index in [-0.39, 0.29) is 0 Å². The molecule has 0 bridgehead atoms. The molecule has 4 nitrogen and oxygen atoms in total. The van der Waals surface area contributed by atoms with Gasteiger partial charge in [-0.15, -0.1) is 0 Å². The summed E-state index contributed by atoms with van der Waals surface area (Å²) in [6.07, 6.45) is 3.84. The van der Waals surface area contributed by atoms with Crippen LogP contribution in [0.4, 0.5) is 5.69 Å². The maximum atomic E-state index is 5.88. The van der Waals surface area contributed by atoms with Gasteiger partial charge in [0.15, 0.2) is 0 Å². The number of hydrogen-bond acceptors (Lipinski definition) is 4. The molecule has 0 saturated carbocycles. The Bertz CT molecular complexity index is 423. The summed E-state index contributed by atoms with van der Waals surface area (Å²) >= 11 is 0. The number of nitrogen functional groups attached to an aromatic ring is 1. The first-order chi connectivity index (χ1) is 9.72. The SMILES string of the molecule is CCCOC1CCCN(Cc2ccc(N)cc2OC)C1. The molecule has 2 N–H and O–H groups in total. The van der Waals surface area contributed by atoms with Crippen molar-refractivity contribution in [3.8, 4) is 5.75 Å². The summed E-state index contributed by atoms with van der Waals surface area (Å²) in [5.74, 6) is 0.876. The molecule has 1 heterocycles. The van der Waals surface area contributed by atoms with Gasteiger partial charge in [0.25, 0.3) is 0 Å². The lowest BCUT2D eigenvalue weighted by Crippen LogP contribution is -2.39. The van der Waals surface area contributed by atoms with Crippen LogP contribution in [-0.2, 0) is 11.3 Å². The summed E-state index contributed by atoms with van der Waals surface area (Å²) in [6, 6.07) is 5.89. The van der Waals surface area contributed by atoms with Gasteiger partial charge >= 0.3 is 0 Å². The minimum Gasteiger partial charge on any atom is -0.496 e. The molecule has 112 valence electrons. The number of nitrogens with zero attached hydrogens (tertiary/aromatic N) is 1. The third-order valence-electron chi connectivity index (χ3n) is 3.73. The Hall–Kier alpha value is -1.26. The molecule has 1 aromatic rings. The fourth-order valence-electron chi connectivity index (χ4n) is 2.71. The minimum atomic E-state index is 0.378. The molecule has 1 fully saturated rings. The Morgan fingerprint density at radius 1 is 1.40 bits per heavy atom. The van der Waals surface area contributed by atoms with E-state index in [1.54, 1.807) is 7.11 Å². The third-order valence-corrected chi connectivity index (χ3v) is 3.73. The van der Waals surface area contributed by atoms with E-state index in [1.165, 1.54) is 18.4 Å². The minimum absolute atomic E-state index is 0.378. The summed E-state index contributed by atoms with van der Waals surface area (Å²) in [5.41, 5.74) is 7.74. The zero-order valence-electron chi connectivity index (χ0n) is 12.6. The van der Waals surface area contributed by atoms with Crippen LogP contribution in [0, 0.1) is 0 Å². The number of nitrogens with two attached hydrogens (primary N) is 1. The Morgan fingerprint density at radius 2 is 2.25 bits per heavy atom. The molecule has 1 aromatic carbocycles. The van der Waals surface area contributed by atoms with Crippen LogP contribution in [0.25, 0.3) is 0 Å². The van der Waals surface area contributed by atoms with E-state index in [9.17, 15) is 0 Å². The molecule has 1 saturated heterocycles. The molecular formula is C16H26N2O2. The molecule has 0 aliphatic carbocycles. The second-order valence-electron chi connectivity index (χ2n) is 5.44. The van der Waals surface area contributed by atoms with Crippen molar-refractivity contribution in [2.24, 2.45) is 0 Å². The van der Waals surface area contributed by atoms with Crippen LogP contribution in [0.3, 0.4) is 0 Å². The highest BCUT2D eigenvalue weighted by molar-refractivity contribution is 5.48. The van der Waals surface area contributed by atoms with E-state index in [2.05, 4.69) is 17.9 Å². The van der Waals surface area contributed by atoms with Gasteiger partial charge in [0.2, 0.25) is 0 Å². The van der Waals surface area contributed by atoms with Gasteiger partial charge in [0.1, 0.15) is 5.75 Å². The smallest absolute Gasteiger partial charge is 0.125 e. The number of piperidine rings is 1. The van der Waals surface area contributed by atoms with Gasteiger partial charge in [0, 0.05) is 37.0 Å². The zero-order chi connectivity index (χ0) is 14.4. The number of benzene rings is 1. The summed E-state index contributed by atoms with van der Waals surface area (Å²) < 4.78 is 11.3. The summed E-state index contributed by atoms with van der Waals surface area (Å²) in [7, 11) is 1.70. The predicted molar refractivity (Wildman–Crippen MR) is 81.9 cm³/mol. The standard InChI is InChI=1S/C16H26N2O2/c1-3-9-20-15-5-4-8-18(12-15)11-13-6-7-14(17)10-16(13)19-2/h6-7,10,15H,3-5,8-9,11-12,17H2,1-2H3. The van der Waals surface area contributed by atoms with Crippen LogP contribution in [0.15, 0.2) is 18.2 Å². The molecule has 0 amide bonds. The molecule has 4 heteroatoms. The van der Waals surface area contributed by atoms with Gasteiger partial charge < -0.3 is 15.2 Å². The molecule has 1 aliphatic heterocycles. The van der Waals surface area contributed by atoms with Gasteiger partial charge in [-0.2, -0.15) is 0 Å². The number of hydrogen-bond donors (Lipinski definition) is 1. The van der Waals surface area contributed by atoms with Crippen molar-refractivity contribution in [3.63, 3.8) is 0 Å². The van der Waals surface area contributed by atoms with Gasteiger partial charge in [0.05, 0.1) is 13.2 Å². The molecule has 0 radical (unpaired) electrons. The third kappa shape index (κ3) is 4.12. The van der Waals surface area contributed by atoms with E-state index in [1.807, 2.05) is 12.1 Å². The Labute approximate surface area is 121 Å². The van der Waals surface area contributed by atoms with E-state index < -0.39 is 0 Å². The lowest BCUT2D eigenvalue weighted by molar-refractivity contribution is -0.00238. The maximum Gasteiger partial charge on any atom is 0.125 e. The van der Waals surface area contributed by atoms with Crippen LogP contribution >= 0.6 is 0 Å². The maximum absolute atomic E-state index is 5.88. The average Bonchev–Trinajstić information content (AvgIpc) is 2.47. The van der Waals surface area contributed by atoms with Crippen molar-refractivity contribution in [2.75, 3.05) is 32.5 Å². The van der Waals surface area contributed by atoms with Crippen LogP contribution < -0.4 is 10.5 Å². The lowest BCUT2D eigenvalue weighted by Gasteiger charge is -2.33. The first-order valence-corrected chi connectivity index (χ1v) is 7.49. The van der Waals surface area contributed by atoms with Crippen molar-refractivity contribution in [2.45, 2.75) is 38.8 Å². The number of rotatable bonds is 6. The second kappa shape index (κ2) is 7.50. The van der Waals surface area contributed by atoms with Crippen LogP contribution in [0.5, 0.6) is 5.75 Å². The van der Waals surface area contributed by atoms with Crippen molar-refractivity contribution < 1.29 is 9.47 Å².